The molecule has 1 aliphatic carbocycles. The van der Waals surface area contributed by atoms with E-state index < -0.39 is 61.5 Å². The minimum Gasteiger partial charge on any atom is -0.393 e. The molecule has 1 saturated carbocycles. The Morgan fingerprint density at radius 2 is 1.57 bits per heavy atom. The molecular weight excluding hydrogens is 347 g/mol. The summed E-state index contributed by atoms with van der Waals surface area (Å²) < 4.78 is 25.0. The number of hydrogen-bond acceptors (Lipinski definition) is 13. The summed E-state index contributed by atoms with van der Waals surface area (Å²) in [6, 6.07) is 0. The average molecular weight is 360 g/mol. The molecule has 2 unspecified atom stereocenters. The van der Waals surface area contributed by atoms with Crippen LogP contribution in [0.5, 0.6) is 0 Å². The second-order valence-electron chi connectivity index (χ2n) is 5.42. The lowest BCUT2D eigenvalue weighted by atomic mass is 9.65. The van der Waals surface area contributed by atoms with Crippen molar-refractivity contribution in [3.8, 4) is 0 Å². The standard InChI is InChI=1S/C9H13O13P/c10-1-2(11)3(12)6(15)4(13)5(14)7(16)9(18)8(6,17)21-23(19,20-7)22-9/h2,4-5,10-11,13-18H,1H2/t2?,4-,5+,6+,7-,8-,9-,23?/m1/s1. The maximum atomic E-state index is 12.1. The van der Waals surface area contributed by atoms with E-state index in [9.17, 15) is 45.1 Å². The quantitative estimate of drug-likeness (QED) is 0.220. The van der Waals surface area contributed by atoms with Crippen LogP contribution < -0.4 is 0 Å². The van der Waals surface area contributed by atoms with E-state index >= 15 is 0 Å². The summed E-state index contributed by atoms with van der Waals surface area (Å²) in [6.07, 6.45) is -7.93. The average Bonchev–Trinajstić information content (AvgIpc) is 2.82. The first-order valence-electron chi connectivity index (χ1n) is 6.14. The molecule has 8 atom stereocenters. The van der Waals surface area contributed by atoms with Gasteiger partial charge in [0.25, 0.3) is 17.4 Å². The van der Waals surface area contributed by atoms with Crippen molar-refractivity contribution in [2.24, 2.45) is 0 Å². The predicted molar refractivity (Wildman–Crippen MR) is 60.8 cm³/mol. The van der Waals surface area contributed by atoms with Crippen molar-refractivity contribution in [1.29, 1.82) is 0 Å². The third kappa shape index (κ3) is 1.55. The third-order valence-corrected chi connectivity index (χ3v) is 5.66. The third-order valence-electron chi connectivity index (χ3n) is 4.18. The molecule has 23 heavy (non-hydrogen) atoms. The molecule has 3 fully saturated rings. The van der Waals surface area contributed by atoms with Gasteiger partial charge in [0.1, 0.15) is 18.3 Å². The highest BCUT2D eigenvalue weighted by molar-refractivity contribution is 7.49. The molecule has 3 rings (SSSR count). The van der Waals surface area contributed by atoms with Crippen LogP contribution in [0.15, 0.2) is 0 Å². The number of aliphatic hydroxyl groups excluding tert-OH is 4. The van der Waals surface area contributed by atoms with Gasteiger partial charge in [0.2, 0.25) is 11.4 Å². The fourth-order valence-corrected chi connectivity index (χ4v) is 4.77. The number of carbonyl (C=O) groups excluding carboxylic acids is 1. The Balaban J connectivity index is 2.24. The van der Waals surface area contributed by atoms with Crippen molar-refractivity contribution in [2.75, 3.05) is 6.61 Å². The van der Waals surface area contributed by atoms with Crippen LogP contribution in [0.1, 0.15) is 0 Å². The zero-order chi connectivity index (χ0) is 17.6. The molecule has 0 aromatic rings. The van der Waals surface area contributed by atoms with Crippen LogP contribution >= 0.6 is 7.82 Å². The van der Waals surface area contributed by atoms with Gasteiger partial charge in [0, 0.05) is 0 Å². The monoisotopic (exact) mass is 360 g/mol. The first-order chi connectivity index (χ1) is 10.3. The molecule has 3 aliphatic rings. The van der Waals surface area contributed by atoms with Gasteiger partial charge in [-0.3, -0.25) is 4.79 Å². The van der Waals surface area contributed by atoms with E-state index in [1.54, 1.807) is 0 Å². The molecule has 2 heterocycles. The molecule has 14 heteroatoms. The Kier molecular flexibility index (Phi) is 3.27. The summed E-state index contributed by atoms with van der Waals surface area (Å²) in [5, 5.41) is 79.1. The van der Waals surface area contributed by atoms with Gasteiger partial charge in [0.15, 0.2) is 0 Å². The van der Waals surface area contributed by atoms with Crippen molar-refractivity contribution < 1.29 is 63.8 Å². The lowest BCUT2D eigenvalue weighted by Gasteiger charge is -2.57. The van der Waals surface area contributed by atoms with Crippen LogP contribution in [0.25, 0.3) is 0 Å². The van der Waals surface area contributed by atoms with Gasteiger partial charge in [-0.2, -0.15) is 0 Å². The van der Waals surface area contributed by atoms with Crippen LogP contribution in [0.3, 0.4) is 0 Å². The van der Waals surface area contributed by atoms with Gasteiger partial charge in [-0.15, -0.1) is 0 Å². The highest BCUT2D eigenvalue weighted by Crippen LogP contribution is 2.78. The molecule has 2 aliphatic heterocycles. The smallest absolute Gasteiger partial charge is 0.393 e. The minimum atomic E-state index is -4.95. The van der Waals surface area contributed by atoms with E-state index in [-0.39, 0.29) is 0 Å². The molecule has 8 N–H and O–H groups in total. The normalized spacial score (nSPS) is 59.1. The summed E-state index contributed by atoms with van der Waals surface area (Å²) in [5.41, 5.74) is -3.74. The van der Waals surface area contributed by atoms with Crippen molar-refractivity contribution in [1.82, 2.24) is 0 Å². The fourth-order valence-electron chi connectivity index (χ4n) is 2.92. The van der Waals surface area contributed by atoms with Crippen LogP contribution in [0, 0.1) is 0 Å². The molecule has 0 aromatic heterocycles. The number of carbonyl (C=O) groups is 1. The molecule has 13 nitrogen and oxygen atoms in total. The first kappa shape index (κ1) is 17.3. The lowest BCUT2D eigenvalue weighted by Crippen LogP contribution is -2.89. The molecule has 0 radical (unpaired) electrons. The second-order valence-corrected chi connectivity index (χ2v) is 6.87. The fraction of sp³-hybridized carbons (Fsp3) is 0.889. The Labute approximate surface area is 126 Å². The number of aliphatic hydroxyl groups is 8. The molecular formula is C9H13O13P. The zero-order valence-electron chi connectivity index (χ0n) is 11.0. The van der Waals surface area contributed by atoms with Gasteiger partial charge in [-0.05, 0) is 0 Å². The van der Waals surface area contributed by atoms with Crippen molar-refractivity contribution in [3.05, 3.63) is 0 Å². The van der Waals surface area contributed by atoms with E-state index in [2.05, 4.69) is 13.6 Å². The minimum absolute atomic E-state index is 1.28. The number of rotatable bonds is 3. The Morgan fingerprint density at radius 1 is 1.04 bits per heavy atom. The maximum absolute atomic E-state index is 12.1. The van der Waals surface area contributed by atoms with Crippen molar-refractivity contribution in [3.63, 3.8) is 0 Å². The molecule has 0 spiro atoms. The Hall–Kier alpha value is -0.540. The van der Waals surface area contributed by atoms with Gasteiger partial charge in [-0.1, -0.05) is 0 Å². The van der Waals surface area contributed by atoms with Crippen molar-refractivity contribution in [2.45, 2.75) is 41.3 Å². The second kappa shape index (κ2) is 4.35. The van der Waals surface area contributed by atoms with Crippen molar-refractivity contribution >= 4 is 13.6 Å². The zero-order valence-corrected chi connectivity index (χ0v) is 11.9. The molecule has 0 amide bonds. The van der Waals surface area contributed by atoms with Gasteiger partial charge in [-0.25, -0.2) is 18.1 Å². The van der Waals surface area contributed by atoms with Crippen LogP contribution in [0.4, 0.5) is 0 Å². The van der Waals surface area contributed by atoms with Crippen LogP contribution in [-0.2, 0) is 22.9 Å². The van der Waals surface area contributed by atoms with Crippen LogP contribution in [0.2, 0.25) is 0 Å². The van der Waals surface area contributed by atoms with Gasteiger partial charge >= 0.3 is 7.82 Å². The SMILES string of the molecule is O=C(C(O)CO)[C@]1(O)[C@H](O)[C@H](O)[C@@]2(O)OP3(=O)O[C@@]2(O)[C@]1(O)O3. The molecule has 2 saturated heterocycles. The Bertz CT molecular complexity index is 625. The van der Waals surface area contributed by atoms with Gasteiger partial charge < -0.3 is 40.9 Å². The summed E-state index contributed by atoms with van der Waals surface area (Å²) in [5.74, 6) is -12.8. The molecule has 0 aromatic carbocycles. The largest absolute Gasteiger partial charge is 0.483 e. The number of fused-ring (bicyclic) bond motifs is 1. The summed E-state index contributed by atoms with van der Waals surface area (Å²) >= 11 is 0. The maximum Gasteiger partial charge on any atom is 0.483 e. The predicted octanol–water partition coefficient (Wildman–Crippen LogP) is -5.37. The lowest BCUT2D eigenvalue weighted by molar-refractivity contribution is -0.480. The number of ketones is 1. The van der Waals surface area contributed by atoms with E-state index in [4.69, 9.17) is 5.11 Å². The van der Waals surface area contributed by atoms with E-state index in [1.807, 2.05) is 0 Å². The number of Topliss-reactive ketones (excluding diaryl/α,β-unsaturated/α-hetero) is 1. The highest BCUT2D eigenvalue weighted by atomic mass is 31.2. The van der Waals surface area contributed by atoms with Crippen LogP contribution in [-0.4, -0.2) is 94.5 Å². The summed E-state index contributed by atoms with van der Waals surface area (Å²) in [7, 11) is -4.95. The Morgan fingerprint density at radius 3 is 2.04 bits per heavy atom. The van der Waals surface area contributed by atoms with E-state index in [1.165, 1.54) is 0 Å². The van der Waals surface area contributed by atoms with E-state index in [0.717, 1.165) is 0 Å². The number of hydrogen-bond donors (Lipinski definition) is 8. The number of phosphoric acid groups is 1. The summed E-state index contributed by atoms with van der Waals surface area (Å²) in [6.45, 7) is -1.28. The van der Waals surface area contributed by atoms with E-state index in [0.29, 0.717) is 0 Å². The molecule has 132 valence electrons. The first-order valence-corrected chi connectivity index (χ1v) is 7.60. The highest BCUT2D eigenvalue weighted by Gasteiger charge is 2.95. The molecule has 2 bridgehead atoms. The summed E-state index contributed by atoms with van der Waals surface area (Å²) in [4.78, 5) is 12.1. The topological polar surface area (TPSA) is 224 Å². The van der Waals surface area contributed by atoms with Gasteiger partial charge in [0.05, 0.1) is 6.61 Å². The number of phosphoric ester groups is 1.